The fraction of sp³-hybridized carbons (Fsp3) is 0.182. The van der Waals surface area contributed by atoms with Gasteiger partial charge in [0.25, 0.3) is 0 Å². The molecule has 1 aromatic heterocycles. The summed E-state index contributed by atoms with van der Waals surface area (Å²) in [5.74, 6) is 1.56. The number of hydrogen-bond acceptors (Lipinski definition) is 3. The number of ether oxygens (including phenoxy) is 2. The average molecular weight is 281 g/mol. The molecule has 2 aromatic rings. The molecule has 1 aromatic carbocycles. The quantitative estimate of drug-likeness (QED) is 0.793. The molecule has 4 nitrogen and oxygen atoms in total. The zero-order chi connectivity index (χ0) is 11.0. The molecule has 16 heavy (non-hydrogen) atoms. The van der Waals surface area contributed by atoms with Gasteiger partial charge in [0.15, 0.2) is 11.5 Å². The van der Waals surface area contributed by atoms with Crippen molar-refractivity contribution in [1.82, 2.24) is 9.78 Å². The highest BCUT2D eigenvalue weighted by Gasteiger charge is 2.13. The molecule has 0 atom stereocenters. The SMILES string of the molecule is BrCc1ccn(-c2ccc3c(c2)OCO3)n1. The van der Waals surface area contributed by atoms with Crippen LogP contribution >= 0.6 is 15.9 Å². The highest BCUT2D eigenvalue weighted by Crippen LogP contribution is 2.33. The smallest absolute Gasteiger partial charge is 0.231 e. The number of fused-ring (bicyclic) bond motifs is 1. The summed E-state index contributed by atoms with van der Waals surface area (Å²) in [6.07, 6.45) is 1.92. The van der Waals surface area contributed by atoms with E-state index in [1.54, 1.807) is 0 Å². The van der Waals surface area contributed by atoms with E-state index in [9.17, 15) is 0 Å². The highest BCUT2D eigenvalue weighted by atomic mass is 79.9. The maximum Gasteiger partial charge on any atom is 0.231 e. The molecule has 0 saturated carbocycles. The van der Waals surface area contributed by atoms with Crippen molar-refractivity contribution in [3.63, 3.8) is 0 Å². The molecule has 1 aliphatic heterocycles. The fourth-order valence-electron chi connectivity index (χ4n) is 1.60. The number of hydrogen-bond donors (Lipinski definition) is 0. The van der Waals surface area contributed by atoms with Crippen LogP contribution in [0.4, 0.5) is 0 Å². The van der Waals surface area contributed by atoms with Crippen molar-refractivity contribution in [3.05, 3.63) is 36.2 Å². The summed E-state index contributed by atoms with van der Waals surface area (Å²) in [4.78, 5) is 0. The minimum absolute atomic E-state index is 0.296. The van der Waals surface area contributed by atoms with E-state index in [0.29, 0.717) is 6.79 Å². The summed E-state index contributed by atoms with van der Waals surface area (Å²) in [6, 6.07) is 7.75. The second kappa shape index (κ2) is 3.83. The number of nitrogens with zero attached hydrogens (tertiary/aromatic N) is 2. The molecule has 0 fully saturated rings. The number of aromatic nitrogens is 2. The van der Waals surface area contributed by atoms with Crippen LogP contribution in [-0.2, 0) is 5.33 Å². The van der Waals surface area contributed by atoms with Crippen molar-refractivity contribution >= 4 is 15.9 Å². The lowest BCUT2D eigenvalue weighted by Gasteiger charge is -2.02. The Bertz CT molecular complexity index is 524. The molecular formula is C11H9BrN2O2. The van der Waals surface area contributed by atoms with Crippen molar-refractivity contribution < 1.29 is 9.47 Å². The van der Waals surface area contributed by atoms with Crippen molar-refractivity contribution in [2.75, 3.05) is 6.79 Å². The summed E-state index contributed by atoms with van der Waals surface area (Å²) < 4.78 is 12.4. The summed E-state index contributed by atoms with van der Waals surface area (Å²) in [6.45, 7) is 0.296. The van der Waals surface area contributed by atoms with Crippen LogP contribution in [-0.4, -0.2) is 16.6 Å². The Morgan fingerprint density at radius 3 is 2.94 bits per heavy atom. The molecule has 82 valence electrons. The lowest BCUT2D eigenvalue weighted by Crippen LogP contribution is -1.95. The first-order chi connectivity index (χ1) is 7.86. The molecule has 0 saturated heterocycles. The van der Waals surface area contributed by atoms with Gasteiger partial charge in [-0.15, -0.1) is 0 Å². The molecule has 2 heterocycles. The average Bonchev–Trinajstić information content (AvgIpc) is 2.96. The molecular weight excluding hydrogens is 272 g/mol. The summed E-state index contributed by atoms with van der Waals surface area (Å²) >= 11 is 3.37. The summed E-state index contributed by atoms with van der Waals surface area (Å²) in [7, 11) is 0. The van der Waals surface area contributed by atoms with Crippen LogP contribution < -0.4 is 9.47 Å². The third kappa shape index (κ3) is 1.57. The normalized spacial score (nSPS) is 13.1. The van der Waals surface area contributed by atoms with Crippen LogP contribution in [0.2, 0.25) is 0 Å². The molecule has 0 bridgehead atoms. The largest absolute Gasteiger partial charge is 0.454 e. The zero-order valence-corrected chi connectivity index (χ0v) is 9.98. The third-order valence-corrected chi connectivity index (χ3v) is 2.98. The van der Waals surface area contributed by atoms with Gasteiger partial charge in [-0.2, -0.15) is 5.10 Å². The zero-order valence-electron chi connectivity index (χ0n) is 8.39. The molecule has 0 aliphatic carbocycles. The number of halogens is 1. The molecule has 1 aliphatic rings. The molecule has 0 N–H and O–H groups in total. The Balaban J connectivity index is 2.00. The first kappa shape index (κ1) is 9.72. The minimum Gasteiger partial charge on any atom is -0.454 e. The summed E-state index contributed by atoms with van der Waals surface area (Å²) in [5, 5.41) is 5.15. The van der Waals surface area contributed by atoms with Crippen LogP contribution in [0.25, 0.3) is 5.69 Å². The van der Waals surface area contributed by atoms with E-state index < -0.39 is 0 Å². The Morgan fingerprint density at radius 1 is 1.25 bits per heavy atom. The van der Waals surface area contributed by atoms with Gasteiger partial charge in [0, 0.05) is 17.6 Å². The van der Waals surface area contributed by atoms with Crippen LogP contribution in [0.15, 0.2) is 30.5 Å². The third-order valence-electron chi connectivity index (χ3n) is 2.40. The second-order valence-corrected chi connectivity index (χ2v) is 3.98. The van der Waals surface area contributed by atoms with Gasteiger partial charge >= 0.3 is 0 Å². The number of benzene rings is 1. The fourth-order valence-corrected chi connectivity index (χ4v) is 1.90. The van der Waals surface area contributed by atoms with Gasteiger partial charge in [-0.1, -0.05) is 15.9 Å². The minimum atomic E-state index is 0.296. The van der Waals surface area contributed by atoms with Gasteiger partial charge in [0.1, 0.15) is 0 Å². The van der Waals surface area contributed by atoms with Gasteiger partial charge in [0.2, 0.25) is 6.79 Å². The van der Waals surface area contributed by atoms with Gasteiger partial charge in [-0.25, -0.2) is 4.68 Å². The standard InChI is InChI=1S/C11H9BrN2O2/c12-6-8-3-4-14(13-8)9-1-2-10-11(5-9)16-7-15-10/h1-5H,6-7H2. The molecule has 5 heteroatoms. The van der Waals surface area contributed by atoms with E-state index in [1.807, 2.05) is 35.1 Å². The summed E-state index contributed by atoms with van der Waals surface area (Å²) in [5.41, 5.74) is 1.97. The van der Waals surface area contributed by atoms with Crippen molar-refractivity contribution in [2.45, 2.75) is 5.33 Å². The first-order valence-corrected chi connectivity index (χ1v) is 5.99. The van der Waals surface area contributed by atoms with Gasteiger partial charge in [-0.05, 0) is 18.2 Å². The molecule has 3 rings (SSSR count). The van der Waals surface area contributed by atoms with Crippen LogP contribution in [0.3, 0.4) is 0 Å². The van der Waals surface area contributed by atoms with E-state index in [4.69, 9.17) is 9.47 Å². The lowest BCUT2D eigenvalue weighted by atomic mass is 10.3. The maximum absolute atomic E-state index is 5.32. The van der Waals surface area contributed by atoms with Gasteiger partial charge < -0.3 is 9.47 Å². The number of rotatable bonds is 2. The van der Waals surface area contributed by atoms with E-state index in [-0.39, 0.29) is 0 Å². The second-order valence-electron chi connectivity index (χ2n) is 3.42. The van der Waals surface area contributed by atoms with E-state index in [2.05, 4.69) is 21.0 Å². The highest BCUT2D eigenvalue weighted by molar-refractivity contribution is 9.08. The monoisotopic (exact) mass is 280 g/mol. The Hall–Kier alpha value is -1.49. The van der Waals surface area contributed by atoms with E-state index in [1.165, 1.54) is 0 Å². The predicted molar refractivity (Wildman–Crippen MR) is 62.3 cm³/mol. The van der Waals surface area contributed by atoms with Gasteiger partial charge in [0.05, 0.1) is 11.4 Å². The Labute approximate surface area is 101 Å². The first-order valence-electron chi connectivity index (χ1n) is 4.87. The maximum atomic E-state index is 5.32. The predicted octanol–water partition coefficient (Wildman–Crippen LogP) is 2.50. The van der Waals surface area contributed by atoms with Crippen molar-refractivity contribution in [1.29, 1.82) is 0 Å². The molecule has 0 spiro atoms. The van der Waals surface area contributed by atoms with E-state index in [0.717, 1.165) is 28.2 Å². The van der Waals surface area contributed by atoms with Crippen molar-refractivity contribution in [2.24, 2.45) is 0 Å². The van der Waals surface area contributed by atoms with Crippen molar-refractivity contribution in [3.8, 4) is 17.2 Å². The lowest BCUT2D eigenvalue weighted by molar-refractivity contribution is 0.174. The molecule has 0 amide bonds. The molecule has 0 unspecified atom stereocenters. The van der Waals surface area contributed by atoms with Crippen LogP contribution in [0.5, 0.6) is 11.5 Å². The van der Waals surface area contributed by atoms with Gasteiger partial charge in [-0.3, -0.25) is 0 Å². The van der Waals surface area contributed by atoms with E-state index >= 15 is 0 Å². The Morgan fingerprint density at radius 2 is 2.12 bits per heavy atom. The molecule has 0 radical (unpaired) electrons. The van der Waals surface area contributed by atoms with Crippen LogP contribution in [0, 0.1) is 0 Å². The Kier molecular flexibility index (Phi) is 2.32. The number of alkyl halides is 1. The topological polar surface area (TPSA) is 36.3 Å². The van der Waals surface area contributed by atoms with Crippen LogP contribution in [0.1, 0.15) is 5.69 Å².